The molecule has 1 aliphatic carbocycles. The molecule has 4 nitrogen and oxygen atoms in total. The van der Waals surface area contributed by atoms with Gasteiger partial charge in [-0.1, -0.05) is 18.2 Å². The third-order valence-electron chi connectivity index (χ3n) is 4.78. The number of hydrogen-bond donors (Lipinski definition) is 2. The quantitative estimate of drug-likeness (QED) is 0.830. The van der Waals surface area contributed by atoms with Gasteiger partial charge in [0.05, 0.1) is 11.6 Å². The Kier molecular flexibility index (Phi) is 5.60. The monoisotopic (exact) mass is 349 g/mol. The van der Waals surface area contributed by atoms with Crippen LogP contribution in [0.15, 0.2) is 29.3 Å². The molecule has 3 N–H and O–H groups in total. The van der Waals surface area contributed by atoms with Crippen molar-refractivity contribution in [3.8, 4) is 0 Å². The van der Waals surface area contributed by atoms with Crippen LogP contribution < -0.4 is 5.73 Å². The molecule has 2 heterocycles. The van der Waals surface area contributed by atoms with Crippen molar-refractivity contribution in [1.82, 2.24) is 4.98 Å². The first-order chi connectivity index (χ1) is 10.2. The molecular weight excluding hydrogens is 326 g/mol. The summed E-state index contributed by atoms with van der Waals surface area (Å²) in [6, 6.07) is 8.13. The predicted octanol–water partition coefficient (Wildman–Crippen LogP) is 3.22. The van der Waals surface area contributed by atoms with E-state index in [9.17, 15) is 5.11 Å². The van der Waals surface area contributed by atoms with E-state index in [2.05, 4.69) is 11.1 Å². The van der Waals surface area contributed by atoms with Crippen molar-refractivity contribution >= 4 is 55.1 Å². The third kappa shape index (κ3) is 3.20. The van der Waals surface area contributed by atoms with Crippen LogP contribution in [0.2, 0.25) is 0 Å². The van der Waals surface area contributed by atoms with Crippen molar-refractivity contribution in [2.75, 3.05) is 5.73 Å². The standard InChI is InChI=1S/C17H19N3O.2H2S/c18-17-16-13(12-3-1-2-4-14(12)20-17)9-15(19-16)10-5-7-11(21)8-6-10;;/h1-4,10-11,21H,5-9H2,(H2,18,20);2*1H2. The van der Waals surface area contributed by atoms with Gasteiger partial charge in [-0.3, -0.25) is 4.99 Å². The van der Waals surface area contributed by atoms with Gasteiger partial charge < -0.3 is 10.8 Å². The first kappa shape index (κ1) is 18.1. The summed E-state index contributed by atoms with van der Waals surface area (Å²) in [4.78, 5) is 9.27. The molecule has 4 rings (SSSR count). The summed E-state index contributed by atoms with van der Waals surface area (Å²) < 4.78 is 0. The van der Waals surface area contributed by atoms with E-state index < -0.39 is 0 Å². The van der Waals surface area contributed by atoms with Gasteiger partial charge in [-0.15, -0.1) is 0 Å². The number of pyridine rings is 1. The van der Waals surface area contributed by atoms with Crippen molar-refractivity contribution in [3.63, 3.8) is 0 Å². The van der Waals surface area contributed by atoms with E-state index in [1.165, 1.54) is 11.3 Å². The molecule has 1 saturated carbocycles. The normalized spacial score (nSPS) is 22.7. The molecule has 1 fully saturated rings. The first-order valence-electron chi connectivity index (χ1n) is 7.65. The zero-order valence-electron chi connectivity index (χ0n) is 12.9. The number of aliphatic hydroxyl groups is 1. The number of rotatable bonds is 1. The summed E-state index contributed by atoms with van der Waals surface area (Å²) in [7, 11) is 0. The Hall–Kier alpha value is -1.24. The summed E-state index contributed by atoms with van der Waals surface area (Å²) in [5.41, 5.74) is 10.4. The van der Waals surface area contributed by atoms with Gasteiger partial charge in [0.2, 0.25) is 0 Å². The fourth-order valence-corrected chi connectivity index (χ4v) is 3.60. The van der Waals surface area contributed by atoms with Crippen LogP contribution >= 0.6 is 27.0 Å². The minimum absolute atomic E-state index is 0. The maximum absolute atomic E-state index is 9.66. The molecule has 6 heteroatoms. The van der Waals surface area contributed by atoms with Gasteiger partial charge in [0, 0.05) is 17.5 Å². The first-order valence-corrected chi connectivity index (χ1v) is 7.65. The fraction of sp³-hybridized carbons (Fsp3) is 0.412. The van der Waals surface area contributed by atoms with E-state index in [4.69, 9.17) is 10.7 Å². The highest BCUT2D eigenvalue weighted by Gasteiger charge is 2.29. The molecule has 1 aromatic carbocycles. The van der Waals surface area contributed by atoms with Crippen LogP contribution in [0, 0.1) is 5.92 Å². The Morgan fingerprint density at radius 1 is 1.04 bits per heavy atom. The molecule has 2 aliphatic rings. The molecule has 0 bridgehead atoms. The smallest absolute Gasteiger partial charge is 0.150 e. The van der Waals surface area contributed by atoms with Gasteiger partial charge in [-0.25, -0.2) is 4.98 Å². The Labute approximate surface area is 150 Å². The Morgan fingerprint density at radius 3 is 2.48 bits per heavy atom. The number of aromatic nitrogens is 1. The number of para-hydroxylation sites is 1. The Balaban J connectivity index is 0.000000960. The maximum atomic E-state index is 9.66. The molecule has 2 aromatic rings. The van der Waals surface area contributed by atoms with Crippen molar-refractivity contribution in [2.24, 2.45) is 10.9 Å². The van der Waals surface area contributed by atoms with Crippen LogP contribution in [0.3, 0.4) is 0 Å². The average Bonchev–Trinajstić information content (AvgIpc) is 2.94. The van der Waals surface area contributed by atoms with Crippen molar-refractivity contribution in [1.29, 1.82) is 0 Å². The number of nitrogens with zero attached hydrogens (tertiary/aromatic N) is 2. The number of aliphatic imine (C=N–C) groups is 1. The molecule has 124 valence electrons. The van der Waals surface area contributed by atoms with Crippen LogP contribution in [-0.2, 0) is 6.42 Å². The highest BCUT2D eigenvalue weighted by Crippen LogP contribution is 2.40. The highest BCUT2D eigenvalue weighted by molar-refractivity contribution is 7.59. The molecule has 0 atom stereocenters. The second-order valence-electron chi connectivity index (χ2n) is 6.13. The fourth-order valence-electron chi connectivity index (χ4n) is 3.60. The van der Waals surface area contributed by atoms with Crippen LogP contribution in [0.1, 0.15) is 31.2 Å². The summed E-state index contributed by atoms with van der Waals surface area (Å²) in [6.07, 6.45) is 4.57. The molecule has 1 aromatic heterocycles. The van der Waals surface area contributed by atoms with E-state index in [0.29, 0.717) is 11.7 Å². The van der Waals surface area contributed by atoms with Crippen LogP contribution in [0.4, 0.5) is 11.5 Å². The van der Waals surface area contributed by atoms with Gasteiger partial charge in [0.15, 0.2) is 0 Å². The summed E-state index contributed by atoms with van der Waals surface area (Å²) in [6.45, 7) is 0. The number of aliphatic hydroxyl groups excluding tert-OH is 1. The van der Waals surface area contributed by atoms with Crippen molar-refractivity contribution in [3.05, 3.63) is 29.8 Å². The SMILES string of the molecule is Nc1nc2ccccc2c2c1N=C(C1CCC(O)CC1)C2.S.S. The second-order valence-corrected chi connectivity index (χ2v) is 6.13. The van der Waals surface area contributed by atoms with Crippen molar-refractivity contribution < 1.29 is 5.11 Å². The summed E-state index contributed by atoms with van der Waals surface area (Å²) in [5, 5.41) is 10.8. The van der Waals surface area contributed by atoms with Gasteiger partial charge in [-0.2, -0.15) is 27.0 Å². The lowest BCUT2D eigenvalue weighted by molar-refractivity contribution is 0.121. The highest BCUT2D eigenvalue weighted by atomic mass is 32.1. The van der Waals surface area contributed by atoms with Crippen LogP contribution in [-0.4, -0.2) is 21.9 Å². The minimum Gasteiger partial charge on any atom is -0.393 e. The molecule has 23 heavy (non-hydrogen) atoms. The largest absolute Gasteiger partial charge is 0.393 e. The Morgan fingerprint density at radius 2 is 1.74 bits per heavy atom. The molecule has 0 saturated heterocycles. The number of benzene rings is 1. The van der Waals surface area contributed by atoms with Crippen LogP contribution in [0.5, 0.6) is 0 Å². The van der Waals surface area contributed by atoms with Crippen LogP contribution in [0.25, 0.3) is 10.9 Å². The number of anilines is 1. The number of nitrogen functional groups attached to an aromatic ring is 1. The van der Waals surface area contributed by atoms with Gasteiger partial charge in [0.25, 0.3) is 0 Å². The average molecular weight is 350 g/mol. The predicted molar refractivity (Wildman–Crippen MR) is 106 cm³/mol. The topological polar surface area (TPSA) is 71.5 Å². The van der Waals surface area contributed by atoms with Crippen molar-refractivity contribution in [2.45, 2.75) is 38.2 Å². The van der Waals surface area contributed by atoms with E-state index in [0.717, 1.165) is 48.7 Å². The molecule has 0 spiro atoms. The number of nitrogens with two attached hydrogens (primary N) is 1. The summed E-state index contributed by atoms with van der Waals surface area (Å²) in [5.74, 6) is 1.02. The third-order valence-corrected chi connectivity index (χ3v) is 4.78. The van der Waals surface area contributed by atoms with Gasteiger partial charge in [-0.05, 0) is 43.2 Å². The van der Waals surface area contributed by atoms with Gasteiger partial charge in [0.1, 0.15) is 11.5 Å². The summed E-state index contributed by atoms with van der Waals surface area (Å²) >= 11 is 0. The Bertz CT molecular complexity index is 740. The minimum atomic E-state index is -0.127. The van der Waals surface area contributed by atoms with E-state index >= 15 is 0 Å². The zero-order chi connectivity index (χ0) is 14.4. The lowest BCUT2D eigenvalue weighted by atomic mass is 9.83. The molecule has 0 unspecified atom stereocenters. The number of hydrogen-bond acceptors (Lipinski definition) is 4. The van der Waals surface area contributed by atoms with E-state index in [1.54, 1.807) is 0 Å². The van der Waals surface area contributed by atoms with E-state index in [-0.39, 0.29) is 33.1 Å². The van der Waals surface area contributed by atoms with Gasteiger partial charge >= 0.3 is 0 Å². The molecule has 0 radical (unpaired) electrons. The lowest BCUT2D eigenvalue weighted by Crippen LogP contribution is -2.24. The zero-order valence-corrected chi connectivity index (χ0v) is 14.9. The molecule has 0 amide bonds. The second kappa shape index (κ2) is 7.11. The lowest BCUT2D eigenvalue weighted by Gasteiger charge is -2.25. The van der Waals surface area contributed by atoms with E-state index in [1.807, 2.05) is 18.2 Å². The maximum Gasteiger partial charge on any atom is 0.150 e. The molecule has 1 aliphatic heterocycles. The molecular formula is C17H23N3OS2. The number of fused-ring (bicyclic) bond motifs is 3.